The van der Waals surface area contributed by atoms with Gasteiger partial charge in [0.15, 0.2) is 0 Å². The average Bonchev–Trinajstić information content (AvgIpc) is 3.33. The first-order chi connectivity index (χ1) is 17.3. The fraction of sp³-hybridized carbons (Fsp3) is 0.259. The number of carbonyl (C=O) groups is 1. The van der Waals surface area contributed by atoms with E-state index in [2.05, 4.69) is 25.8 Å². The minimum absolute atomic E-state index is 0.309. The van der Waals surface area contributed by atoms with Gasteiger partial charge in [0.1, 0.15) is 11.9 Å². The third-order valence-electron chi connectivity index (χ3n) is 5.82. The van der Waals surface area contributed by atoms with Gasteiger partial charge in [-0.25, -0.2) is 9.78 Å². The summed E-state index contributed by atoms with van der Waals surface area (Å²) in [6, 6.07) is 14.2. The van der Waals surface area contributed by atoms with E-state index < -0.39 is 12.0 Å². The Bertz CT molecular complexity index is 1350. The third kappa shape index (κ3) is 6.20. The Morgan fingerprint density at radius 2 is 1.89 bits per heavy atom. The van der Waals surface area contributed by atoms with Crippen LogP contribution in [0.5, 0.6) is 0 Å². The van der Waals surface area contributed by atoms with E-state index in [1.165, 1.54) is 0 Å². The molecule has 0 aliphatic heterocycles. The van der Waals surface area contributed by atoms with E-state index in [9.17, 15) is 9.90 Å². The maximum atomic E-state index is 12.0. The van der Waals surface area contributed by atoms with Crippen LogP contribution in [0.2, 0.25) is 5.02 Å². The number of aryl methyl sites for hydroxylation is 3. The number of halogens is 1. The highest BCUT2D eigenvalue weighted by Crippen LogP contribution is 2.27. The number of hydrogen-bond donors (Lipinski definition) is 3. The minimum atomic E-state index is -0.923. The molecule has 2 aromatic heterocycles. The molecule has 0 aliphatic rings. The molecule has 0 spiro atoms. The molecule has 0 radical (unpaired) electrons. The lowest BCUT2D eigenvalue weighted by Gasteiger charge is -2.20. The Hall–Kier alpha value is -3.91. The van der Waals surface area contributed by atoms with E-state index in [4.69, 9.17) is 16.0 Å². The van der Waals surface area contributed by atoms with Crippen LogP contribution in [0.4, 0.5) is 11.5 Å². The molecule has 2 heterocycles. The van der Waals surface area contributed by atoms with Crippen molar-refractivity contribution in [3.63, 3.8) is 0 Å². The molecule has 1 atom stereocenters. The molecule has 186 valence electrons. The molecule has 2 aromatic carbocycles. The zero-order valence-electron chi connectivity index (χ0n) is 20.4. The molecule has 0 aliphatic carbocycles. The van der Waals surface area contributed by atoms with E-state index in [0.29, 0.717) is 29.8 Å². The smallest absolute Gasteiger partial charge is 0.326 e. The molecule has 0 amide bonds. The maximum absolute atomic E-state index is 12.0. The number of nitrogens with one attached hydrogen (secondary N) is 2. The van der Waals surface area contributed by atoms with Crippen molar-refractivity contribution >= 4 is 29.1 Å². The van der Waals surface area contributed by atoms with E-state index in [1.807, 2.05) is 69.3 Å². The molecule has 9 heteroatoms. The van der Waals surface area contributed by atoms with Gasteiger partial charge < -0.3 is 20.2 Å². The zero-order chi connectivity index (χ0) is 25.7. The first-order valence-electron chi connectivity index (χ1n) is 11.7. The summed E-state index contributed by atoms with van der Waals surface area (Å²) in [7, 11) is 0. The molecule has 36 heavy (non-hydrogen) atoms. The van der Waals surface area contributed by atoms with Gasteiger partial charge in [-0.05, 0) is 78.9 Å². The summed E-state index contributed by atoms with van der Waals surface area (Å²) in [6.45, 7) is 6.30. The van der Waals surface area contributed by atoms with Crippen LogP contribution in [0.15, 0.2) is 59.1 Å². The molecule has 0 saturated heterocycles. The highest BCUT2D eigenvalue weighted by Gasteiger charge is 2.20. The second-order valence-electron chi connectivity index (χ2n) is 8.62. The second-order valence-corrected chi connectivity index (χ2v) is 9.06. The van der Waals surface area contributed by atoms with Crippen LogP contribution >= 0.6 is 11.6 Å². The van der Waals surface area contributed by atoms with Gasteiger partial charge in [-0.3, -0.25) is 0 Å². The molecule has 4 aromatic rings. The summed E-state index contributed by atoms with van der Waals surface area (Å²) in [4.78, 5) is 16.3. The average molecular weight is 506 g/mol. The Kier molecular flexibility index (Phi) is 7.85. The number of anilines is 2. The predicted octanol–water partition coefficient (Wildman–Crippen LogP) is 5.68. The minimum Gasteiger partial charge on any atom is -0.480 e. The Balaban J connectivity index is 1.42. The lowest BCUT2D eigenvalue weighted by atomic mass is 10.0. The van der Waals surface area contributed by atoms with Crippen LogP contribution < -0.4 is 10.6 Å². The van der Waals surface area contributed by atoms with Crippen LogP contribution in [0.25, 0.3) is 11.5 Å². The Labute approximate surface area is 214 Å². The fourth-order valence-electron chi connectivity index (χ4n) is 3.93. The van der Waals surface area contributed by atoms with Crippen LogP contribution in [0.3, 0.4) is 0 Å². The van der Waals surface area contributed by atoms with E-state index in [0.717, 1.165) is 45.7 Å². The Morgan fingerprint density at radius 1 is 1.11 bits per heavy atom. The van der Waals surface area contributed by atoms with Gasteiger partial charge in [0.05, 0.1) is 6.54 Å². The molecule has 8 nitrogen and oxygen atoms in total. The number of nitrogens with zero attached hydrogens (tertiary/aromatic N) is 3. The molecule has 4 rings (SSSR count). The summed E-state index contributed by atoms with van der Waals surface area (Å²) in [5.41, 5.74) is 5.46. The largest absolute Gasteiger partial charge is 0.480 e. The fourth-order valence-corrected chi connectivity index (χ4v) is 4.23. The van der Waals surface area contributed by atoms with E-state index >= 15 is 0 Å². The van der Waals surface area contributed by atoms with Gasteiger partial charge in [0.25, 0.3) is 0 Å². The number of aliphatic carboxylic acids is 1. The standard InChI is InChI=1S/C27H28ClN5O3/c1-4-19-14-21(28)12-17(3)25(19)31-22(27(34)35)13-18-5-7-20(8-6-18)26-33-32-24(36-26)15-30-23-11-16(2)9-10-29-23/h5-12,14,22,31H,4,13,15H2,1-3H3,(H,29,30)(H,34,35). The summed E-state index contributed by atoms with van der Waals surface area (Å²) in [5.74, 6) is 0.651. The van der Waals surface area contributed by atoms with Crippen molar-refractivity contribution in [1.29, 1.82) is 0 Å². The van der Waals surface area contributed by atoms with E-state index in [-0.39, 0.29) is 0 Å². The predicted molar refractivity (Wildman–Crippen MR) is 140 cm³/mol. The molecule has 0 saturated carbocycles. The first kappa shape index (κ1) is 25.2. The van der Waals surface area contributed by atoms with Crippen molar-refractivity contribution in [2.75, 3.05) is 10.6 Å². The van der Waals surface area contributed by atoms with Crippen molar-refractivity contribution in [3.05, 3.63) is 87.9 Å². The van der Waals surface area contributed by atoms with Crippen LogP contribution in [-0.2, 0) is 24.2 Å². The van der Waals surface area contributed by atoms with Gasteiger partial charge in [-0.2, -0.15) is 0 Å². The Morgan fingerprint density at radius 3 is 2.58 bits per heavy atom. The SMILES string of the molecule is CCc1cc(Cl)cc(C)c1NC(Cc1ccc(-c2nnc(CNc3cc(C)ccn3)o2)cc1)C(=O)O. The first-order valence-corrected chi connectivity index (χ1v) is 12.1. The van der Waals surface area contributed by atoms with Gasteiger partial charge >= 0.3 is 5.97 Å². The van der Waals surface area contributed by atoms with Gasteiger partial charge in [0, 0.05) is 28.9 Å². The van der Waals surface area contributed by atoms with Crippen molar-refractivity contribution in [1.82, 2.24) is 15.2 Å². The number of rotatable bonds is 10. The highest BCUT2D eigenvalue weighted by atomic mass is 35.5. The summed E-state index contributed by atoms with van der Waals surface area (Å²) < 4.78 is 5.78. The highest BCUT2D eigenvalue weighted by molar-refractivity contribution is 6.30. The summed E-state index contributed by atoms with van der Waals surface area (Å²) in [5, 5.41) is 25.1. The van der Waals surface area contributed by atoms with Crippen LogP contribution in [0, 0.1) is 13.8 Å². The zero-order valence-corrected chi connectivity index (χ0v) is 21.1. The van der Waals surface area contributed by atoms with Gasteiger partial charge in [0.2, 0.25) is 11.8 Å². The second kappa shape index (κ2) is 11.2. The lowest BCUT2D eigenvalue weighted by Crippen LogP contribution is -2.32. The lowest BCUT2D eigenvalue weighted by molar-refractivity contribution is -0.137. The number of carboxylic acids is 1. The summed E-state index contributed by atoms with van der Waals surface area (Å²) >= 11 is 6.18. The normalized spacial score (nSPS) is 11.8. The number of hydrogen-bond acceptors (Lipinski definition) is 7. The van der Waals surface area contributed by atoms with Crippen LogP contribution in [-0.4, -0.2) is 32.3 Å². The van der Waals surface area contributed by atoms with Crippen molar-refractivity contribution in [3.8, 4) is 11.5 Å². The number of aromatic nitrogens is 3. The monoisotopic (exact) mass is 505 g/mol. The van der Waals surface area contributed by atoms with Crippen molar-refractivity contribution < 1.29 is 14.3 Å². The van der Waals surface area contributed by atoms with Crippen LogP contribution in [0.1, 0.15) is 35.1 Å². The summed E-state index contributed by atoms with van der Waals surface area (Å²) in [6.07, 6.45) is 2.79. The van der Waals surface area contributed by atoms with Crippen molar-refractivity contribution in [2.45, 2.75) is 46.2 Å². The van der Waals surface area contributed by atoms with Gasteiger partial charge in [-0.1, -0.05) is 30.7 Å². The molecular formula is C27H28ClN5O3. The molecule has 3 N–H and O–H groups in total. The van der Waals surface area contributed by atoms with E-state index in [1.54, 1.807) is 6.20 Å². The van der Waals surface area contributed by atoms with Gasteiger partial charge in [-0.15, -0.1) is 10.2 Å². The molecule has 0 fully saturated rings. The quantitative estimate of drug-likeness (QED) is 0.252. The van der Waals surface area contributed by atoms with Crippen molar-refractivity contribution in [2.24, 2.45) is 0 Å². The molecule has 1 unspecified atom stereocenters. The third-order valence-corrected chi connectivity index (χ3v) is 6.04. The molecule has 0 bridgehead atoms. The topological polar surface area (TPSA) is 113 Å². The maximum Gasteiger partial charge on any atom is 0.326 e. The number of benzene rings is 2. The number of pyridine rings is 1. The molecular weight excluding hydrogens is 478 g/mol. The number of carboxylic acid groups (broad SMARTS) is 1.